The molecule has 18 heavy (non-hydrogen) atoms. The molecule has 0 aliphatic rings. The Bertz CT molecular complexity index is 494. The minimum Gasteiger partial charge on any atom is -0.504 e. The third kappa shape index (κ3) is 3.17. The SMILES string of the molecule is CCOc1ccc(O)c(OCc2ccccc2)c1. The Balaban J connectivity index is 2.06. The van der Waals surface area contributed by atoms with E-state index < -0.39 is 0 Å². The van der Waals surface area contributed by atoms with Crippen LogP contribution in [-0.4, -0.2) is 11.7 Å². The smallest absolute Gasteiger partial charge is 0.165 e. The van der Waals surface area contributed by atoms with Crippen LogP contribution in [0.3, 0.4) is 0 Å². The topological polar surface area (TPSA) is 38.7 Å². The van der Waals surface area contributed by atoms with Crippen LogP contribution in [0.25, 0.3) is 0 Å². The van der Waals surface area contributed by atoms with E-state index in [4.69, 9.17) is 9.47 Å². The molecule has 3 nitrogen and oxygen atoms in total. The summed E-state index contributed by atoms with van der Waals surface area (Å²) in [4.78, 5) is 0. The zero-order valence-electron chi connectivity index (χ0n) is 10.3. The van der Waals surface area contributed by atoms with Crippen molar-refractivity contribution in [1.29, 1.82) is 0 Å². The Kier molecular flexibility index (Phi) is 4.07. The fraction of sp³-hybridized carbons (Fsp3) is 0.200. The van der Waals surface area contributed by atoms with E-state index in [0.29, 0.717) is 24.7 Å². The molecule has 0 saturated heterocycles. The fourth-order valence-corrected chi connectivity index (χ4v) is 1.60. The summed E-state index contributed by atoms with van der Waals surface area (Å²) in [6, 6.07) is 14.8. The van der Waals surface area contributed by atoms with Crippen LogP contribution in [-0.2, 0) is 6.61 Å². The monoisotopic (exact) mass is 244 g/mol. The van der Waals surface area contributed by atoms with E-state index >= 15 is 0 Å². The van der Waals surface area contributed by atoms with Crippen molar-refractivity contribution in [2.75, 3.05) is 6.61 Å². The lowest BCUT2D eigenvalue weighted by Crippen LogP contribution is -1.97. The van der Waals surface area contributed by atoms with Gasteiger partial charge in [-0.25, -0.2) is 0 Å². The van der Waals surface area contributed by atoms with E-state index in [2.05, 4.69) is 0 Å². The lowest BCUT2D eigenvalue weighted by atomic mass is 10.2. The van der Waals surface area contributed by atoms with E-state index in [1.165, 1.54) is 0 Å². The van der Waals surface area contributed by atoms with Gasteiger partial charge in [-0.1, -0.05) is 30.3 Å². The molecule has 0 heterocycles. The first-order chi connectivity index (χ1) is 8.79. The zero-order valence-corrected chi connectivity index (χ0v) is 10.3. The molecule has 0 aromatic heterocycles. The van der Waals surface area contributed by atoms with E-state index in [1.807, 2.05) is 37.3 Å². The molecule has 0 aliphatic carbocycles. The largest absolute Gasteiger partial charge is 0.504 e. The number of benzene rings is 2. The summed E-state index contributed by atoms with van der Waals surface area (Å²) >= 11 is 0. The Morgan fingerprint density at radius 1 is 1.00 bits per heavy atom. The van der Waals surface area contributed by atoms with Crippen LogP contribution >= 0.6 is 0 Å². The van der Waals surface area contributed by atoms with Crippen molar-refractivity contribution in [3.05, 3.63) is 54.1 Å². The van der Waals surface area contributed by atoms with Crippen molar-refractivity contribution in [1.82, 2.24) is 0 Å². The molecule has 0 spiro atoms. The number of aromatic hydroxyl groups is 1. The lowest BCUT2D eigenvalue weighted by molar-refractivity contribution is 0.283. The van der Waals surface area contributed by atoms with Crippen molar-refractivity contribution >= 4 is 0 Å². The molecular formula is C15H16O3. The summed E-state index contributed by atoms with van der Waals surface area (Å²) in [5.74, 6) is 1.25. The van der Waals surface area contributed by atoms with Crippen LogP contribution in [0.5, 0.6) is 17.2 Å². The lowest BCUT2D eigenvalue weighted by Gasteiger charge is -2.10. The molecule has 0 atom stereocenters. The molecule has 0 radical (unpaired) electrons. The maximum atomic E-state index is 9.70. The number of hydrogen-bond acceptors (Lipinski definition) is 3. The number of phenols is 1. The van der Waals surface area contributed by atoms with Gasteiger partial charge in [0.15, 0.2) is 11.5 Å². The second-order valence-electron chi connectivity index (χ2n) is 3.84. The molecule has 0 saturated carbocycles. The summed E-state index contributed by atoms with van der Waals surface area (Å²) in [6.45, 7) is 2.92. The quantitative estimate of drug-likeness (QED) is 0.876. The van der Waals surface area contributed by atoms with Gasteiger partial charge in [0.2, 0.25) is 0 Å². The average Bonchev–Trinajstić information content (AvgIpc) is 2.41. The highest BCUT2D eigenvalue weighted by molar-refractivity contribution is 5.44. The maximum Gasteiger partial charge on any atom is 0.165 e. The summed E-state index contributed by atoms with van der Waals surface area (Å²) in [5.41, 5.74) is 1.05. The fourth-order valence-electron chi connectivity index (χ4n) is 1.60. The minimum atomic E-state index is 0.120. The van der Waals surface area contributed by atoms with Crippen LogP contribution in [0.2, 0.25) is 0 Å². The number of rotatable bonds is 5. The highest BCUT2D eigenvalue weighted by Gasteiger charge is 2.05. The zero-order chi connectivity index (χ0) is 12.8. The van der Waals surface area contributed by atoms with Crippen LogP contribution in [0.1, 0.15) is 12.5 Å². The van der Waals surface area contributed by atoms with Gasteiger partial charge in [0, 0.05) is 6.07 Å². The molecule has 0 bridgehead atoms. The maximum absolute atomic E-state index is 9.70. The predicted octanol–water partition coefficient (Wildman–Crippen LogP) is 3.37. The van der Waals surface area contributed by atoms with Gasteiger partial charge in [0.25, 0.3) is 0 Å². The summed E-state index contributed by atoms with van der Waals surface area (Å²) in [5, 5.41) is 9.70. The Morgan fingerprint density at radius 2 is 1.78 bits per heavy atom. The van der Waals surface area contributed by atoms with Crippen LogP contribution in [0.15, 0.2) is 48.5 Å². The molecule has 0 amide bonds. The van der Waals surface area contributed by atoms with Crippen molar-refractivity contribution in [2.24, 2.45) is 0 Å². The summed E-state index contributed by atoms with van der Waals surface area (Å²) in [7, 11) is 0. The molecule has 3 heteroatoms. The molecule has 0 unspecified atom stereocenters. The van der Waals surface area contributed by atoms with E-state index in [1.54, 1.807) is 18.2 Å². The molecule has 0 fully saturated rings. The molecular weight excluding hydrogens is 228 g/mol. The average molecular weight is 244 g/mol. The highest BCUT2D eigenvalue weighted by atomic mass is 16.5. The summed E-state index contributed by atoms with van der Waals surface area (Å²) < 4.78 is 10.9. The standard InChI is InChI=1S/C15H16O3/c1-2-17-13-8-9-14(16)15(10-13)18-11-12-6-4-3-5-7-12/h3-10,16H,2,11H2,1H3. The van der Waals surface area contributed by atoms with Crippen molar-refractivity contribution < 1.29 is 14.6 Å². The van der Waals surface area contributed by atoms with Crippen molar-refractivity contribution in [3.8, 4) is 17.2 Å². The Hall–Kier alpha value is -2.16. The van der Waals surface area contributed by atoms with E-state index in [9.17, 15) is 5.11 Å². The number of ether oxygens (including phenoxy) is 2. The number of hydrogen-bond donors (Lipinski definition) is 1. The Labute approximate surface area is 107 Å². The van der Waals surface area contributed by atoms with Crippen molar-refractivity contribution in [3.63, 3.8) is 0 Å². The predicted molar refractivity (Wildman–Crippen MR) is 70.0 cm³/mol. The first-order valence-corrected chi connectivity index (χ1v) is 5.92. The van der Waals surface area contributed by atoms with Gasteiger partial charge in [-0.15, -0.1) is 0 Å². The summed E-state index contributed by atoms with van der Waals surface area (Å²) in [6.07, 6.45) is 0. The second-order valence-corrected chi connectivity index (χ2v) is 3.84. The third-order valence-electron chi connectivity index (χ3n) is 2.48. The second kappa shape index (κ2) is 5.96. The van der Waals surface area contributed by atoms with Gasteiger partial charge >= 0.3 is 0 Å². The molecule has 2 aromatic carbocycles. The van der Waals surface area contributed by atoms with Gasteiger partial charge in [0.05, 0.1) is 6.61 Å². The minimum absolute atomic E-state index is 0.120. The highest BCUT2D eigenvalue weighted by Crippen LogP contribution is 2.30. The van der Waals surface area contributed by atoms with Gasteiger partial charge in [-0.2, -0.15) is 0 Å². The first kappa shape index (κ1) is 12.3. The van der Waals surface area contributed by atoms with Crippen molar-refractivity contribution in [2.45, 2.75) is 13.5 Å². The van der Waals surface area contributed by atoms with E-state index in [-0.39, 0.29) is 5.75 Å². The van der Waals surface area contributed by atoms with Gasteiger partial charge in [-0.3, -0.25) is 0 Å². The Morgan fingerprint density at radius 3 is 2.50 bits per heavy atom. The van der Waals surface area contributed by atoms with Gasteiger partial charge < -0.3 is 14.6 Å². The molecule has 2 rings (SSSR count). The normalized spacial score (nSPS) is 10.1. The van der Waals surface area contributed by atoms with Gasteiger partial charge in [-0.05, 0) is 24.6 Å². The molecule has 0 aliphatic heterocycles. The van der Waals surface area contributed by atoms with Gasteiger partial charge in [0.1, 0.15) is 12.4 Å². The third-order valence-corrected chi connectivity index (χ3v) is 2.48. The first-order valence-electron chi connectivity index (χ1n) is 5.92. The van der Waals surface area contributed by atoms with Crippen LogP contribution < -0.4 is 9.47 Å². The van der Waals surface area contributed by atoms with Crippen LogP contribution in [0, 0.1) is 0 Å². The molecule has 2 aromatic rings. The number of phenolic OH excluding ortho intramolecular Hbond substituents is 1. The van der Waals surface area contributed by atoms with Crippen LogP contribution in [0.4, 0.5) is 0 Å². The molecule has 1 N–H and O–H groups in total. The molecule has 94 valence electrons. The van der Waals surface area contributed by atoms with E-state index in [0.717, 1.165) is 5.56 Å².